The van der Waals surface area contributed by atoms with Crippen molar-refractivity contribution in [2.45, 2.75) is 19.9 Å². The van der Waals surface area contributed by atoms with Gasteiger partial charge in [0.15, 0.2) is 0 Å². The van der Waals surface area contributed by atoms with Gasteiger partial charge in [-0.25, -0.2) is 4.39 Å². The van der Waals surface area contributed by atoms with Crippen LogP contribution in [0, 0.1) is 11.7 Å². The molecule has 1 aliphatic heterocycles. The highest BCUT2D eigenvalue weighted by Gasteiger charge is 2.22. The zero-order valence-electron chi connectivity index (χ0n) is 10.2. The van der Waals surface area contributed by atoms with Crippen molar-refractivity contribution in [1.29, 1.82) is 0 Å². The molecule has 94 valence electrons. The number of nitrogens with zero attached hydrogens (tertiary/aromatic N) is 1. The van der Waals surface area contributed by atoms with Crippen molar-refractivity contribution in [3.05, 3.63) is 29.0 Å². The molecule has 0 bridgehead atoms. The van der Waals surface area contributed by atoms with Crippen LogP contribution < -0.4 is 10.2 Å². The van der Waals surface area contributed by atoms with Gasteiger partial charge in [-0.2, -0.15) is 0 Å². The monoisotopic (exact) mass is 256 g/mol. The van der Waals surface area contributed by atoms with E-state index in [0.29, 0.717) is 12.0 Å². The van der Waals surface area contributed by atoms with Gasteiger partial charge in [-0.3, -0.25) is 0 Å². The standard InChI is InChI=1S/C13H18ClFN2/c1-9(2)13-8-17(6-5-16-13)10-3-4-12(15)11(14)7-10/h3-4,7,9,13,16H,5-6,8H2,1-2H3. The van der Waals surface area contributed by atoms with Gasteiger partial charge in [-0.1, -0.05) is 25.4 Å². The number of hydrogen-bond donors (Lipinski definition) is 1. The van der Waals surface area contributed by atoms with E-state index in [9.17, 15) is 4.39 Å². The predicted molar refractivity (Wildman–Crippen MR) is 70.3 cm³/mol. The van der Waals surface area contributed by atoms with Gasteiger partial charge in [0.25, 0.3) is 0 Å². The van der Waals surface area contributed by atoms with Crippen LogP contribution in [0.15, 0.2) is 18.2 Å². The number of anilines is 1. The van der Waals surface area contributed by atoms with E-state index in [2.05, 4.69) is 24.1 Å². The second-order valence-corrected chi connectivity index (χ2v) is 5.26. The van der Waals surface area contributed by atoms with Crippen LogP contribution in [-0.4, -0.2) is 25.7 Å². The number of piperazine rings is 1. The van der Waals surface area contributed by atoms with Gasteiger partial charge in [0.1, 0.15) is 5.82 Å². The molecule has 0 spiro atoms. The highest BCUT2D eigenvalue weighted by Crippen LogP contribution is 2.24. The lowest BCUT2D eigenvalue weighted by molar-refractivity contribution is 0.368. The first-order chi connectivity index (χ1) is 8.08. The highest BCUT2D eigenvalue weighted by atomic mass is 35.5. The van der Waals surface area contributed by atoms with E-state index < -0.39 is 0 Å². The molecule has 1 saturated heterocycles. The molecule has 1 N–H and O–H groups in total. The van der Waals surface area contributed by atoms with E-state index in [0.717, 1.165) is 25.3 Å². The topological polar surface area (TPSA) is 15.3 Å². The summed E-state index contributed by atoms with van der Waals surface area (Å²) in [4.78, 5) is 2.26. The van der Waals surface area contributed by atoms with Crippen LogP contribution in [0.5, 0.6) is 0 Å². The Labute approximate surface area is 107 Å². The third-order valence-electron chi connectivity index (χ3n) is 3.28. The molecule has 1 aliphatic rings. The fourth-order valence-corrected chi connectivity index (χ4v) is 2.32. The van der Waals surface area contributed by atoms with Crippen molar-refractivity contribution in [3.63, 3.8) is 0 Å². The SMILES string of the molecule is CC(C)C1CN(c2ccc(F)c(Cl)c2)CCN1. The van der Waals surface area contributed by atoms with E-state index in [1.807, 2.05) is 0 Å². The summed E-state index contributed by atoms with van der Waals surface area (Å²) in [5.74, 6) is 0.236. The predicted octanol–water partition coefficient (Wildman–Crippen LogP) is 2.91. The van der Waals surface area contributed by atoms with Crippen LogP contribution in [0.3, 0.4) is 0 Å². The zero-order chi connectivity index (χ0) is 12.4. The molecule has 17 heavy (non-hydrogen) atoms. The Morgan fingerprint density at radius 3 is 2.88 bits per heavy atom. The lowest BCUT2D eigenvalue weighted by Crippen LogP contribution is -2.53. The maximum atomic E-state index is 13.1. The summed E-state index contributed by atoms with van der Waals surface area (Å²) in [6.07, 6.45) is 0. The Hall–Kier alpha value is -0.800. The van der Waals surface area contributed by atoms with E-state index >= 15 is 0 Å². The van der Waals surface area contributed by atoms with Gasteiger partial charge in [0, 0.05) is 31.4 Å². The van der Waals surface area contributed by atoms with Crippen LogP contribution in [0.1, 0.15) is 13.8 Å². The van der Waals surface area contributed by atoms with E-state index in [4.69, 9.17) is 11.6 Å². The molecule has 1 unspecified atom stereocenters. The second-order valence-electron chi connectivity index (χ2n) is 4.85. The normalized spacial score (nSPS) is 21.0. The van der Waals surface area contributed by atoms with Gasteiger partial charge in [-0.05, 0) is 24.1 Å². The van der Waals surface area contributed by atoms with Crippen molar-refractivity contribution in [1.82, 2.24) is 5.32 Å². The second kappa shape index (κ2) is 5.23. The number of rotatable bonds is 2. The minimum absolute atomic E-state index is 0.196. The largest absolute Gasteiger partial charge is 0.369 e. The maximum Gasteiger partial charge on any atom is 0.141 e. The smallest absolute Gasteiger partial charge is 0.141 e. The minimum Gasteiger partial charge on any atom is -0.369 e. The maximum absolute atomic E-state index is 13.1. The summed E-state index contributed by atoms with van der Waals surface area (Å²) >= 11 is 5.81. The van der Waals surface area contributed by atoms with Gasteiger partial charge < -0.3 is 10.2 Å². The molecule has 0 saturated carbocycles. The van der Waals surface area contributed by atoms with Gasteiger partial charge in [0.2, 0.25) is 0 Å². The third-order valence-corrected chi connectivity index (χ3v) is 3.57. The molecule has 4 heteroatoms. The average molecular weight is 257 g/mol. The fraction of sp³-hybridized carbons (Fsp3) is 0.538. The van der Waals surface area contributed by atoms with E-state index in [1.165, 1.54) is 6.07 Å². The Morgan fingerprint density at radius 2 is 2.24 bits per heavy atom. The first-order valence-corrected chi connectivity index (χ1v) is 6.39. The molecule has 2 nitrogen and oxygen atoms in total. The molecular weight excluding hydrogens is 239 g/mol. The zero-order valence-corrected chi connectivity index (χ0v) is 11.0. The number of hydrogen-bond acceptors (Lipinski definition) is 2. The first kappa shape index (κ1) is 12.7. The third kappa shape index (κ3) is 2.90. The van der Waals surface area contributed by atoms with Crippen molar-refractivity contribution in [2.75, 3.05) is 24.5 Å². The van der Waals surface area contributed by atoms with Crippen LogP contribution in [0.4, 0.5) is 10.1 Å². The summed E-state index contributed by atoms with van der Waals surface area (Å²) in [6.45, 7) is 7.25. The molecule has 1 atom stereocenters. The van der Waals surface area contributed by atoms with Crippen molar-refractivity contribution in [3.8, 4) is 0 Å². The summed E-state index contributed by atoms with van der Waals surface area (Å²) in [7, 11) is 0. The fourth-order valence-electron chi connectivity index (χ4n) is 2.14. The Balaban J connectivity index is 2.13. The molecule has 1 aromatic carbocycles. The highest BCUT2D eigenvalue weighted by molar-refractivity contribution is 6.31. The number of nitrogens with one attached hydrogen (secondary N) is 1. The summed E-state index contributed by atoms with van der Waals surface area (Å²) in [5, 5.41) is 3.69. The van der Waals surface area contributed by atoms with Crippen LogP contribution >= 0.6 is 11.6 Å². The minimum atomic E-state index is -0.356. The molecule has 0 radical (unpaired) electrons. The molecule has 1 fully saturated rings. The van der Waals surface area contributed by atoms with Crippen molar-refractivity contribution >= 4 is 17.3 Å². The summed E-state index contributed by atoms with van der Waals surface area (Å²) < 4.78 is 13.1. The average Bonchev–Trinajstić information content (AvgIpc) is 2.33. The first-order valence-electron chi connectivity index (χ1n) is 6.01. The van der Waals surface area contributed by atoms with E-state index in [-0.39, 0.29) is 10.8 Å². The Morgan fingerprint density at radius 1 is 1.47 bits per heavy atom. The lowest BCUT2D eigenvalue weighted by atomic mass is 10.0. The Kier molecular flexibility index (Phi) is 3.89. The molecule has 1 aromatic rings. The van der Waals surface area contributed by atoms with E-state index in [1.54, 1.807) is 12.1 Å². The molecule has 0 aliphatic carbocycles. The molecule has 1 heterocycles. The Bertz CT molecular complexity index is 395. The summed E-state index contributed by atoms with van der Waals surface area (Å²) in [6, 6.07) is 5.42. The van der Waals surface area contributed by atoms with Gasteiger partial charge >= 0.3 is 0 Å². The molecule has 0 amide bonds. The van der Waals surface area contributed by atoms with Crippen molar-refractivity contribution in [2.24, 2.45) is 5.92 Å². The number of benzene rings is 1. The van der Waals surface area contributed by atoms with Crippen LogP contribution in [0.25, 0.3) is 0 Å². The van der Waals surface area contributed by atoms with Crippen molar-refractivity contribution < 1.29 is 4.39 Å². The quantitative estimate of drug-likeness (QED) is 0.875. The molecular formula is C13H18ClFN2. The van der Waals surface area contributed by atoms with Crippen LogP contribution in [-0.2, 0) is 0 Å². The van der Waals surface area contributed by atoms with Gasteiger partial charge in [0.05, 0.1) is 5.02 Å². The molecule has 0 aromatic heterocycles. The lowest BCUT2D eigenvalue weighted by Gasteiger charge is -2.37. The molecule has 2 rings (SSSR count). The number of halogens is 2. The van der Waals surface area contributed by atoms with Gasteiger partial charge in [-0.15, -0.1) is 0 Å². The summed E-state index contributed by atoms with van der Waals surface area (Å²) in [5.41, 5.74) is 1.00. The van der Waals surface area contributed by atoms with Crippen LogP contribution in [0.2, 0.25) is 5.02 Å².